The van der Waals surface area contributed by atoms with E-state index >= 15 is 0 Å². The maximum absolute atomic E-state index is 13.0. The number of piperidine rings is 1. The van der Waals surface area contributed by atoms with Gasteiger partial charge in [-0.05, 0) is 43.7 Å². The van der Waals surface area contributed by atoms with Gasteiger partial charge in [-0.3, -0.25) is 9.69 Å². The lowest BCUT2D eigenvalue weighted by atomic mass is 9.98. The fourth-order valence-electron chi connectivity index (χ4n) is 4.88. The normalized spacial score (nSPS) is 16.9. The Morgan fingerprint density at radius 2 is 1.88 bits per heavy atom. The zero-order chi connectivity index (χ0) is 23.1. The third kappa shape index (κ3) is 3.78. The summed E-state index contributed by atoms with van der Waals surface area (Å²) >= 11 is 0. The van der Waals surface area contributed by atoms with Gasteiger partial charge in [0, 0.05) is 29.3 Å². The summed E-state index contributed by atoms with van der Waals surface area (Å²) in [7, 11) is 1.61. The summed E-state index contributed by atoms with van der Waals surface area (Å²) in [5.74, 6) is 1.45. The van der Waals surface area contributed by atoms with Crippen molar-refractivity contribution in [2.45, 2.75) is 18.8 Å². The van der Waals surface area contributed by atoms with Crippen LogP contribution in [-0.4, -0.2) is 42.5 Å². The van der Waals surface area contributed by atoms with Crippen molar-refractivity contribution in [2.75, 3.05) is 32.1 Å². The molecule has 6 rings (SSSR count). The molecule has 7 nitrogen and oxygen atoms in total. The molecule has 7 heteroatoms. The van der Waals surface area contributed by atoms with Crippen molar-refractivity contribution in [1.29, 1.82) is 0 Å². The fraction of sp³-hybridized carbons (Fsp3) is 0.259. The predicted molar refractivity (Wildman–Crippen MR) is 131 cm³/mol. The van der Waals surface area contributed by atoms with Gasteiger partial charge in [0.05, 0.1) is 19.3 Å². The van der Waals surface area contributed by atoms with Crippen molar-refractivity contribution < 1.29 is 18.4 Å². The first kappa shape index (κ1) is 20.7. The number of para-hydroxylation sites is 3. The van der Waals surface area contributed by atoms with Gasteiger partial charge in [-0.25, -0.2) is 4.98 Å². The van der Waals surface area contributed by atoms with Crippen LogP contribution in [0.5, 0.6) is 5.75 Å². The first-order chi connectivity index (χ1) is 16.7. The predicted octanol–water partition coefficient (Wildman–Crippen LogP) is 5.55. The molecule has 0 saturated carbocycles. The monoisotopic (exact) mass is 455 g/mol. The van der Waals surface area contributed by atoms with Crippen LogP contribution >= 0.6 is 0 Å². The van der Waals surface area contributed by atoms with Crippen LogP contribution in [0.4, 0.5) is 5.69 Å². The highest BCUT2D eigenvalue weighted by molar-refractivity contribution is 6.07. The number of oxazole rings is 1. The smallest absolute Gasteiger partial charge is 0.238 e. The average molecular weight is 456 g/mol. The number of carbonyl (C=O) groups is 1. The van der Waals surface area contributed by atoms with Crippen molar-refractivity contribution in [3.63, 3.8) is 0 Å². The van der Waals surface area contributed by atoms with Crippen LogP contribution in [0.1, 0.15) is 24.7 Å². The molecule has 1 aliphatic rings. The number of hydrogen-bond acceptors (Lipinski definition) is 6. The van der Waals surface area contributed by atoms with E-state index in [4.69, 9.17) is 13.6 Å². The molecule has 0 bridgehead atoms. The van der Waals surface area contributed by atoms with Gasteiger partial charge in [0.25, 0.3) is 0 Å². The second kappa shape index (κ2) is 8.50. The molecule has 1 unspecified atom stereocenters. The number of nitrogens with zero attached hydrogens (tertiary/aromatic N) is 2. The summed E-state index contributed by atoms with van der Waals surface area (Å²) in [5, 5.41) is 5.00. The van der Waals surface area contributed by atoms with E-state index in [1.807, 2.05) is 60.7 Å². The third-order valence-corrected chi connectivity index (χ3v) is 6.51. The standard InChI is InChI=1S/C27H25N3O4/c1-32-25-13-19-18-8-2-4-10-22(18)33-24(19)14-21(25)28-26(31)16-30-12-6-7-17(15-30)27-29-20-9-3-5-11-23(20)34-27/h2-5,8-11,13-14,17H,6-7,12,15-16H2,1H3,(H,28,31). The molecule has 1 amide bonds. The Labute approximate surface area is 196 Å². The fourth-order valence-corrected chi connectivity index (χ4v) is 4.88. The molecule has 1 fully saturated rings. The number of benzene rings is 3. The first-order valence-electron chi connectivity index (χ1n) is 11.5. The Bertz CT molecular complexity index is 1470. The summed E-state index contributed by atoms with van der Waals surface area (Å²) in [6, 6.07) is 19.4. The maximum Gasteiger partial charge on any atom is 0.238 e. The quantitative estimate of drug-likeness (QED) is 0.374. The van der Waals surface area contributed by atoms with E-state index in [1.54, 1.807) is 7.11 Å². The maximum atomic E-state index is 13.0. The topological polar surface area (TPSA) is 80.7 Å². The van der Waals surface area contributed by atoms with E-state index in [0.717, 1.165) is 59.3 Å². The lowest BCUT2D eigenvalue weighted by Crippen LogP contribution is -2.39. The Balaban J connectivity index is 1.18. The summed E-state index contributed by atoms with van der Waals surface area (Å²) in [4.78, 5) is 19.8. The highest BCUT2D eigenvalue weighted by atomic mass is 16.5. The SMILES string of the molecule is COc1cc2c(cc1NC(=O)CN1CCCC(c3nc4ccccc4o3)C1)oc1ccccc12. The van der Waals surface area contributed by atoms with Crippen LogP contribution in [0, 0.1) is 0 Å². The molecule has 0 spiro atoms. The van der Waals surface area contributed by atoms with E-state index in [1.165, 1.54) is 0 Å². The number of ether oxygens (including phenoxy) is 1. The number of amides is 1. The van der Waals surface area contributed by atoms with Gasteiger partial charge in [0.15, 0.2) is 11.5 Å². The van der Waals surface area contributed by atoms with Gasteiger partial charge in [0.1, 0.15) is 22.4 Å². The van der Waals surface area contributed by atoms with Crippen molar-refractivity contribution in [1.82, 2.24) is 9.88 Å². The Morgan fingerprint density at radius 3 is 2.74 bits per heavy atom. The third-order valence-electron chi connectivity index (χ3n) is 6.51. The molecule has 0 aliphatic carbocycles. The Kier molecular flexibility index (Phi) is 5.19. The van der Waals surface area contributed by atoms with Crippen LogP contribution in [0.2, 0.25) is 0 Å². The molecule has 1 N–H and O–H groups in total. The summed E-state index contributed by atoms with van der Waals surface area (Å²) in [5.41, 5.74) is 3.81. The highest BCUT2D eigenvalue weighted by Gasteiger charge is 2.27. The second-order valence-corrected chi connectivity index (χ2v) is 8.79. The van der Waals surface area contributed by atoms with E-state index in [0.29, 0.717) is 17.0 Å². The molecule has 1 atom stereocenters. The van der Waals surface area contributed by atoms with Crippen molar-refractivity contribution in [2.24, 2.45) is 0 Å². The van der Waals surface area contributed by atoms with Gasteiger partial charge in [-0.15, -0.1) is 0 Å². The van der Waals surface area contributed by atoms with Crippen molar-refractivity contribution >= 4 is 44.6 Å². The van der Waals surface area contributed by atoms with E-state index in [2.05, 4.69) is 15.2 Å². The molecule has 2 aromatic heterocycles. The lowest BCUT2D eigenvalue weighted by Gasteiger charge is -2.30. The van der Waals surface area contributed by atoms with Crippen LogP contribution in [0.15, 0.2) is 69.5 Å². The zero-order valence-electron chi connectivity index (χ0n) is 18.9. The number of carbonyl (C=O) groups excluding carboxylic acids is 1. The van der Waals surface area contributed by atoms with Gasteiger partial charge < -0.3 is 18.9 Å². The summed E-state index contributed by atoms with van der Waals surface area (Å²) in [6.45, 7) is 1.89. The number of hydrogen-bond donors (Lipinski definition) is 1. The average Bonchev–Trinajstić information content (AvgIpc) is 3.45. The number of aromatic nitrogens is 1. The van der Waals surface area contributed by atoms with E-state index in [9.17, 15) is 4.79 Å². The molecule has 34 heavy (non-hydrogen) atoms. The van der Waals surface area contributed by atoms with E-state index < -0.39 is 0 Å². The number of furan rings is 1. The molecule has 1 aliphatic heterocycles. The van der Waals surface area contributed by atoms with E-state index in [-0.39, 0.29) is 18.4 Å². The van der Waals surface area contributed by atoms with Crippen LogP contribution < -0.4 is 10.1 Å². The van der Waals surface area contributed by atoms with Crippen LogP contribution in [0.25, 0.3) is 33.0 Å². The number of methoxy groups -OCH3 is 1. The molecule has 3 aromatic carbocycles. The molecule has 1 saturated heterocycles. The number of fused-ring (bicyclic) bond motifs is 4. The van der Waals surface area contributed by atoms with Crippen LogP contribution in [0.3, 0.4) is 0 Å². The molecule has 0 radical (unpaired) electrons. The van der Waals surface area contributed by atoms with Gasteiger partial charge in [-0.2, -0.15) is 0 Å². The molecular formula is C27H25N3O4. The Hall–Kier alpha value is -3.84. The second-order valence-electron chi connectivity index (χ2n) is 8.79. The Morgan fingerprint density at radius 1 is 1.06 bits per heavy atom. The minimum absolute atomic E-state index is 0.0908. The van der Waals surface area contributed by atoms with Gasteiger partial charge >= 0.3 is 0 Å². The number of rotatable bonds is 5. The first-order valence-corrected chi connectivity index (χ1v) is 11.5. The van der Waals surface area contributed by atoms with Crippen molar-refractivity contribution in [3.8, 4) is 5.75 Å². The molecule has 172 valence electrons. The highest BCUT2D eigenvalue weighted by Crippen LogP contribution is 2.36. The summed E-state index contributed by atoms with van der Waals surface area (Å²) < 4.78 is 17.5. The number of likely N-dealkylation sites (tertiary alicyclic amines) is 1. The van der Waals surface area contributed by atoms with Gasteiger partial charge in [0.2, 0.25) is 5.91 Å². The van der Waals surface area contributed by atoms with Crippen LogP contribution in [-0.2, 0) is 4.79 Å². The van der Waals surface area contributed by atoms with Gasteiger partial charge in [-0.1, -0.05) is 30.3 Å². The lowest BCUT2D eigenvalue weighted by molar-refractivity contribution is -0.117. The number of nitrogens with one attached hydrogen (secondary N) is 1. The minimum Gasteiger partial charge on any atom is -0.495 e. The molecular weight excluding hydrogens is 430 g/mol. The zero-order valence-corrected chi connectivity index (χ0v) is 18.9. The van der Waals surface area contributed by atoms with Crippen molar-refractivity contribution in [3.05, 3.63) is 66.6 Å². The summed E-state index contributed by atoms with van der Waals surface area (Å²) in [6.07, 6.45) is 1.99. The largest absolute Gasteiger partial charge is 0.495 e. The minimum atomic E-state index is -0.0908. The molecule has 3 heterocycles. The molecule has 5 aromatic rings. The number of anilines is 1.